The fourth-order valence-corrected chi connectivity index (χ4v) is 0. The predicted molar refractivity (Wildman–Crippen MR) is 11.9 cm³/mol. The van der Waals surface area contributed by atoms with Crippen LogP contribution in [0.1, 0.15) is 6.92 Å². The number of hydrogen-bond acceptors (Lipinski definition) is 1. The van der Waals surface area contributed by atoms with Gasteiger partial charge in [-0.2, -0.15) is 6.92 Å². The van der Waals surface area contributed by atoms with Crippen LogP contribution < -0.4 is 0 Å². The average molecular weight is 172 g/mol. The molecule has 0 aliphatic rings. The Bertz CT molecular complexity index is 7.61. The van der Waals surface area contributed by atoms with Crippen LogP contribution >= 0.6 is 0 Å². The van der Waals surface area contributed by atoms with E-state index in [0.29, 0.717) is 0 Å². The molecule has 0 aromatic rings. The molecule has 0 saturated carbocycles. The van der Waals surface area contributed by atoms with Gasteiger partial charge in [-0.25, -0.2) is 6.61 Å². The van der Waals surface area contributed by atoms with Gasteiger partial charge in [0, 0.05) is 17.1 Å². The SMILES string of the molecule is C[CH-]O.[Cu+].[Cu]. The van der Waals surface area contributed by atoms with Crippen molar-refractivity contribution in [3.8, 4) is 0 Å². The van der Waals surface area contributed by atoms with Crippen LogP contribution in [0.3, 0.4) is 0 Å². The summed E-state index contributed by atoms with van der Waals surface area (Å²) < 4.78 is 0. The maximum Gasteiger partial charge on any atom is 1.00 e. The Morgan fingerprint density at radius 3 is 1.60 bits per heavy atom. The molecule has 0 rings (SSSR count). The van der Waals surface area contributed by atoms with E-state index < -0.39 is 0 Å². The molecule has 0 amide bonds. The summed E-state index contributed by atoms with van der Waals surface area (Å²) in [5, 5.41) is 7.44. The molecule has 1 nitrogen and oxygen atoms in total. The quantitative estimate of drug-likeness (QED) is 0.417. The molecule has 0 aromatic heterocycles. The average Bonchev–Trinajstić information content (AvgIpc) is 0.918. The molecular weight excluding hydrogens is 167 g/mol. The molecule has 0 unspecified atom stereocenters. The molecule has 41 valence electrons. The third-order valence-electron chi connectivity index (χ3n) is 0. The Hall–Kier alpha value is 0.999. The molecule has 0 heterocycles. The summed E-state index contributed by atoms with van der Waals surface area (Å²) in [6.45, 7) is 2.56. The van der Waals surface area contributed by atoms with Gasteiger partial charge in [-0.3, -0.25) is 0 Å². The summed E-state index contributed by atoms with van der Waals surface area (Å²) in [7, 11) is 0. The van der Waals surface area contributed by atoms with Crippen LogP contribution in [0.15, 0.2) is 0 Å². The zero-order valence-electron chi connectivity index (χ0n) is 2.63. The summed E-state index contributed by atoms with van der Waals surface area (Å²) in [6, 6.07) is 0. The standard InChI is InChI=1S/C2H5O.2Cu/c1-2-3;;/h2-3H,1H3;;/q-1;;+1. The fraction of sp³-hybridized carbons (Fsp3) is 0.500. The van der Waals surface area contributed by atoms with Gasteiger partial charge in [0.2, 0.25) is 0 Å². The Labute approximate surface area is 53.1 Å². The van der Waals surface area contributed by atoms with Gasteiger partial charge in [0.25, 0.3) is 0 Å². The molecule has 3 heteroatoms. The van der Waals surface area contributed by atoms with Crippen molar-refractivity contribution in [3.63, 3.8) is 0 Å². The zero-order chi connectivity index (χ0) is 2.71. The van der Waals surface area contributed by atoms with E-state index in [1.165, 1.54) is 0 Å². The van der Waals surface area contributed by atoms with Gasteiger partial charge in [-0.05, 0) is 0 Å². The van der Waals surface area contributed by atoms with E-state index in [4.69, 9.17) is 5.11 Å². The topological polar surface area (TPSA) is 20.2 Å². The summed E-state index contributed by atoms with van der Waals surface area (Å²) in [5.74, 6) is 0. The molecule has 0 spiro atoms. The maximum atomic E-state index is 7.44. The normalized spacial score (nSPS) is 3.60. The number of rotatable bonds is 0. The van der Waals surface area contributed by atoms with Gasteiger partial charge < -0.3 is 5.11 Å². The first kappa shape index (κ1) is 16.7. The minimum absolute atomic E-state index is 0. The van der Waals surface area contributed by atoms with E-state index in [1.54, 1.807) is 6.92 Å². The van der Waals surface area contributed by atoms with Gasteiger partial charge in [0.15, 0.2) is 0 Å². The predicted octanol–water partition coefficient (Wildman–Crippen LogP) is 0.536. The van der Waals surface area contributed by atoms with Crippen LogP contribution in [0.4, 0.5) is 0 Å². The molecule has 1 N–H and O–H groups in total. The summed E-state index contributed by atoms with van der Waals surface area (Å²) in [5.41, 5.74) is 0. The summed E-state index contributed by atoms with van der Waals surface area (Å²) in [6.07, 6.45) is 0. The third kappa shape index (κ3) is 45.1. The zero-order valence-corrected chi connectivity index (χ0v) is 4.51. The molecule has 5 heavy (non-hydrogen) atoms. The van der Waals surface area contributed by atoms with Crippen LogP contribution in [-0.2, 0) is 34.1 Å². The summed E-state index contributed by atoms with van der Waals surface area (Å²) in [4.78, 5) is 0. The van der Waals surface area contributed by atoms with Crippen LogP contribution in [0.5, 0.6) is 0 Å². The minimum atomic E-state index is 0. The van der Waals surface area contributed by atoms with E-state index in [9.17, 15) is 0 Å². The molecule has 0 bridgehead atoms. The van der Waals surface area contributed by atoms with Crippen molar-refractivity contribution in [3.05, 3.63) is 6.61 Å². The van der Waals surface area contributed by atoms with Gasteiger partial charge in [-0.15, -0.1) is 0 Å². The second kappa shape index (κ2) is 20.0. The van der Waals surface area contributed by atoms with Crippen molar-refractivity contribution in [1.82, 2.24) is 0 Å². The van der Waals surface area contributed by atoms with Crippen molar-refractivity contribution in [2.45, 2.75) is 6.92 Å². The largest absolute Gasteiger partial charge is 1.00 e. The number of aliphatic hydroxyl groups excluding tert-OH is 1. The van der Waals surface area contributed by atoms with Gasteiger partial charge in [0.1, 0.15) is 0 Å². The molecule has 0 saturated heterocycles. The van der Waals surface area contributed by atoms with Gasteiger partial charge >= 0.3 is 17.1 Å². The third-order valence-corrected chi connectivity index (χ3v) is 0. The first-order chi connectivity index (χ1) is 1.41. The molecule has 0 aliphatic heterocycles. The smallest absolute Gasteiger partial charge is 0.566 e. The van der Waals surface area contributed by atoms with E-state index in [-0.39, 0.29) is 34.1 Å². The van der Waals surface area contributed by atoms with Gasteiger partial charge in [-0.1, -0.05) is 0 Å². The Kier molecular flexibility index (Phi) is 66.7. The van der Waals surface area contributed by atoms with Crippen LogP contribution in [-0.4, -0.2) is 5.11 Å². The maximum absolute atomic E-state index is 7.44. The second-order valence-corrected chi connectivity index (χ2v) is 0.258. The molecular formula is C2H5Cu2O. The Morgan fingerprint density at radius 1 is 1.60 bits per heavy atom. The number of hydrogen-bond donors (Lipinski definition) is 1. The monoisotopic (exact) mass is 171 g/mol. The van der Waals surface area contributed by atoms with Crippen LogP contribution in [0.2, 0.25) is 0 Å². The second-order valence-electron chi connectivity index (χ2n) is 0.258. The molecule has 1 radical (unpaired) electrons. The van der Waals surface area contributed by atoms with Crippen LogP contribution in [0.25, 0.3) is 0 Å². The van der Waals surface area contributed by atoms with Crippen molar-refractivity contribution in [1.29, 1.82) is 0 Å². The van der Waals surface area contributed by atoms with Crippen LogP contribution in [0, 0.1) is 6.61 Å². The summed E-state index contributed by atoms with van der Waals surface area (Å²) >= 11 is 0. The minimum Gasteiger partial charge on any atom is -0.566 e. The molecule has 0 aliphatic carbocycles. The van der Waals surface area contributed by atoms with E-state index >= 15 is 0 Å². The van der Waals surface area contributed by atoms with Crippen molar-refractivity contribution in [2.75, 3.05) is 0 Å². The van der Waals surface area contributed by atoms with E-state index in [1.807, 2.05) is 0 Å². The first-order valence-corrected chi connectivity index (χ1v) is 0.836. The van der Waals surface area contributed by atoms with Gasteiger partial charge in [0.05, 0.1) is 0 Å². The molecule has 0 fully saturated rings. The Balaban J connectivity index is -0.0000000200. The molecule has 0 aromatic carbocycles. The first-order valence-electron chi connectivity index (χ1n) is 0.836. The van der Waals surface area contributed by atoms with Crippen molar-refractivity contribution in [2.24, 2.45) is 0 Å². The number of aliphatic hydroxyl groups is 1. The molecule has 0 atom stereocenters. The van der Waals surface area contributed by atoms with Crippen molar-refractivity contribution >= 4 is 0 Å². The Morgan fingerprint density at radius 2 is 1.60 bits per heavy atom. The fourth-order valence-electron chi connectivity index (χ4n) is 0. The van der Waals surface area contributed by atoms with E-state index in [0.717, 1.165) is 6.61 Å². The van der Waals surface area contributed by atoms with Crippen molar-refractivity contribution < 1.29 is 39.2 Å². The van der Waals surface area contributed by atoms with E-state index in [2.05, 4.69) is 0 Å².